The largest absolute Gasteiger partial charge is 0.606 e. The molecule has 0 bridgehead atoms. The molecule has 0 radical (unpaired) electrons. The maximum Gasteiger partial charge on any atom is 0.313 e. The summed E-state index contributed by atoms with van der Waals surface area (Å²) in [7, 11) is 0. The predicted molar refractivity (Wildman–Crippen MR) is 95.0 cm³/mol. The van der Waals surface area contributed by atoms with Crippen LogP contribution in [0.25, 0.3) is 0 Å². The standard InChI is InChI=1S/C17H15BrO4S2/c1-3-22-17(19)10(2)11-4-6-13-15(8-11)23(20)14-7-5-12(18)9-16(14)24(13)21/h4-10H,3H2,1-2H3. The van der Waals surface area contributed by atoms with E-state index in [-0.39, 0.29) is 5.97 Å². The van der Waals surface area contributed by atoms with E-state index in [1.807, 2.05) is 0 Å². The molecule has 4 nitrogen and oxygen atoms in total. The predicted octanol–water partition coefficient (Wildman–Crippen LogP) is 3.76. The Bertz CT molecular complexity index is 796. The number of hydrogen-bond donors (Lipinski definition) is 0. The van der Waals surface area contributed by atoms with Crippen molar-refractivity contribution < 1.29 is 18.6 Å². The van der Waals surface area contributed by atoms with Gasteiger partial charge in [0.2, 0.25) is 19.6 Å². The lowest BCUT2D eigenvalue weighted by Gasteiger charge is -2.23. The Hall–Kier alpha value is -0.990. The van der Waals surface area contributed by atoms with Crippen molar-refractivity contribution in [2.24, 2.45) is 0 Å². The molecule has 2 aromatic rings. The molecule has 0 aromatic heterocycles. The summed E-state index contributed by atoms with van der Waals surface area (Å²) in [5.41, 5.74) is 0.707. The van der Waals surface area contributed by atoms with E-state index in [2.05, 4.69) is 15.9 Å². The molecule has 2 aromatic carbocycles. The van der Waals surface area contributed by atoms with Crippen molar-refractivity contribution >= 4 is 44.3 Å². The van der Waals surface area contributed by atoms with Crippen LogP contribution >= 0.6 is 15.9 Å². The summed E-state index contributed by atoms with van der Waals surface area (Å²) >= 11 is 0.530. The van der Waals surface area contributed by atoms with Gasteiger partial charge in [-0.3, -0.25) is 4.79 Å². The van der Waals surface area contributed by atoms with Gasteiger partial charge in [-0.1, -0.05) is 22.0 Å². The van der Waals surface area contributed by atoms with E-state index in [4.69, 9.17) is 4.74 Å². The van der Waals surface area contributed by atoms with Crippen LogP contribution in [0.1, 0.15) is 25.3 Å². The number of esters is 1. The van der Waals surface area contributed by atoms with Gasteiger partial charge in [0.05, 0.1) is 12.5 Å². The number of benzene rings is 2. The van der Waals surface area contributed by atoms with Crippen LogP contribution in [0.2, 0.25) is 0 Å². The van der Waals surface area contributed by atoms with Gasteiger partial charge >= 0.3 is 5.97 Å². The van der Waals surface area contributed by atoms with Gasteiger partial charge in [0.15, 0.2) is 0 Å². The quantitative estimate of drug-likeness (QED) is 0.552. The molecule has 0 aliphatic carbocycles. The number of carbonyl (C=O) groups is 1. The van der Waals surface area contributed by atoms with Crippen LogP contribution in [0.15, 0.2) is 60.5 Å². The van der Waals surface area contributed by atoms with E-state index in [1.54, 1.807) is 50.2 Å². The van der Waals surface area contributed by atoms with E-state index in [0.717, 1.165) is 4.47 Å². The first kappa shape index (κ1) is 17.8. The van der Waals surface area contributed by atoms with Gasteiger partial charge in [-0.15, -0.1) is 0 Å². The number of halogens is 1. The maximum absolute atomic E-state index is 12.9. The van der Waals surface area contributed by atoms with E-state index in [9.17, 15) is 13.9 Å². The van der Waals surface area contributed by atoms with E-state index < -0.39 is 28.3 Å². The highest BCUT2D eigenvalue weighted by Crippen LogP contribution is 2.42. The van der Waals surface area contributed by atoms with Crippen molar-refractivity contribution in [1.29, 1.82) is 0 Å². The zero-order chi connectivity index (χ0) is 17.4. The summed E-state index contributed by atoms with van der Waals surface area (Å²) in [6.07, 6.45) is 0. The van der Waals surface area contributed by atoms with E-state index >= 15 is 0 Å². The first-order chi connectivity index (χ1) is 11.4. The van der Waals surface area contributed by atoms with Crippen LogP contribution in [0, 0.1) is 0 Å². The van der Waals surface area contributed by atoms with Crippen molar-refractivity contribution in [3.63, 3.8) is 0 Å². The van der Waals surface area contributed by atoms with Gasteiger partial charge in [-0.2, -0.15) is 0 Å². The van der Waals surface area contributed by atoms with Crippen LogP contribution in [-0.2, 0) is 31.9 Å². The van der Waals surface area contributed by atoms with Gasteiger partial charge < -0.3 is 13.8 Å². The molecule has 1 aliphatic rings. The van der Waals surface area contributed by atoms with E-state index in [1.165, 1.54) is 0 Å². The van der Waals surface area contributed by atoms with Crippen LogP contribution in [0.5, 0.6) is 0 Å². The van der Waals surface area contributed by atoms with Crippen molar-refractivity contribution in [2.45, 2.75) is 39.3 Å². The fourth-order valence-corrected chi connectivity index (χ4v) is 6.25. The normalized spacial score (nSPS) is 20.0. The lowest BCUT2D eigenvalue weighted by atomic mass is 10.0. The fourth-order valence-electron chi connectivity index (χ4n) is 2.51. The molecule has 1 heterocycles. The fraction of sp³-hybridized carbons (Fsp3) is 0.235. The smallest absolute Gasteiger partial charge is 0.313 e. The molecule has 0 saturated carbocycles. The van der Waals surface area contributed by atoms with Crippen molar-refractivity contribution in [2.75, 3.05) is 6.61 Å². The molecule has 1 aliphatic heterocycles. The molecular weight excluding hydrogens is 412 g/mol. The summed E-state index contributed by atoms with van der Waals surface area (Å²) in [4.78, 5) is 14.1. The van der Waals surface area contributed by atoms with Crippen molar-refractivity contribution in [3.8, 4) is 0 Å². The molecule has 126 valence electrons. The Morgan fingerprint density at radius 2 is 1.67 bits per heavy atom. The Balaban J connectivity index is 2.03. The van der Waals surface area contributed by atoms with Gasteiger partial charge in [-0.05, 0) is 31.5 Å². The average Bonchev–Trinajstić information content (AvgIpc) is 2.58. The molecule has 7 heteroatoms. The van der Waals surface area contributed by atoms with Crippen LogP contribution in [-0.4, -0.2) is 21.7 Å². The Labute approximate surface area is 155 Å². The van der Waals surface area contributed by atoms with Gasteiger partial charge in [-0.25, -0.2) is 0 Å². The summed E-state index contributed by atoms with van der Waals surface area (Å²) < 4.78 is 31.5. The summed E-state index contributed by atoms with van der Waals surface area (Å²) in [6, 6.07) is 10.4. The minimum atomic E-state index is -1.43. The molecule has 0 N–H and O–H groups in total. The monoisotopic (exact) mass is 426 g/mol. The number of hydrogen-bond acceptors (Lipinski definition) is 4. The second-order valence-corrected chi connectivity index (χ2v) is 9.06. The summed E-state index contributed by atoms with van der Waals surface area (Å²) in [6.45, 7) is 3.81. The Morgan fingerprint density at radius 3 is 2.29 bits per heavy atom. The molecule has 0 saturated heterocycles. The zero-order valence-electron chi connectivity index (χ0n) is 13.1. The Kier molecular flexibility index (Phi) is 5.27. The highest BCUT2D eigenvalue weighted by molar-refractivity contribution is 9.10. The number of ether oxygens (including phenoxy) is 1. The molecular formula is C17H15BrO4S2. The SMILES string of the molecule is CCOC(=O)C(C)c1ccc2c(c1)[S+]([O-])c1ccc(Br)cc1[S+]2[O-]. The second-order valence-electron chi connectivity index (χ2n) is 5.31. The van der Waals surface area contributed by atoms with E-state index in [0.29, 0.717) is 31.8 Å². The van der Waals surface area contributed by atoms with Crippen LogP contribution in [0.4, 0.5) is 0 Å². The highest BCUT2D eigenvalue weighted by Gasteiger charge is 2.40. The molecule has 24 heavy (non-hydrogen) atoms. The van der Waals surface area contributed by atoms with Gasteiger partial charge in [0, 0.05) is 45.0 Å². The molecule has 3 rings (SSSR count). The zero-order valence-corrected chi connectivity index (χ0v) is 16.3. The molecule has 0 fully saturated rings. The molecule has 3 unspecified atom stereocenters. The summed E-state index contributed by atoms with van der Waals surface area (Å²) in [5, 5.41) is 0. The third-order valence-electron chi connectivity index (χ3n) is 3.81. The first-order valence-corrected chi connectivity index (χ1v) is 10.5. The third-order valence-corrected chi connectivity index (χ3v) is 7.55. The molecule has 0 amide bonds. The topological polar surface area (TPSA) is 72.4 Å². The van der Waals surface area contributed by atoms with Crippen LogP contribution < -0.4 is 0 Å². The highest BCUT2D eigenvalue weighted by atomic mass is 79.9. The third kappa shape index (κ3) is 3.11. The lowest BCUT2D eigenvalue weighted by molar-refractivity contribution is -0.144. The second kappa shape index (κ2) is 7.09. The maximum atomic E-state index is 12.9. The van der Waals surface area contributed by atoms with Crippen molar-refractivity contribution in [3.05, 3.63) is 46.4 Å². The lowest BCUT2D eigenvalue weighted by Crippen LogP contribution is -2.21. The number of fused-ring (bicyclic) bond motifs is 2. The van der Waals surface area contributed by atoms with Gasteiger partial charge in [0.25, 0.3) is 0 Å². The number of rotatable bonds is 3. The average molecular weight is 427 g/mol. The minimum Gasteiger partial charge on any atom is -0.606 e. The Morgan fingerprint density at radius 1 is 1.08 bits per heavy atom. The molecule has 0 spiro atoms. The summed E-state index contributed by atoms with van der Waals surface area (Å²) in [5.74, 6) is -0.795. The van der Waals surface area contributed by atoms with Crippen molar-refractivity contribution in [1.82, 2.24) is 0 Å². The first-order valence-electron chi connectivity index (χ1n) is 7.37. The molecule has 3 atom stereocenters. The van der Waals surface area contributed by atoms with Crippen LogP contribution in [0.3, 0.4) is 0 Å². The van der Waals surface area contributed by atoms with Gasteiger partial charge in [0.1, 0.15) is 0 Å². The number of carbonyl (C=O) groups excluding carboxylic acids is 1. The minimum absolute atomic E-state index is 0.312.